The maximum atomic E-state index is 5.82. The Kier molecular flexibility index (Phi) is 5.58. The molecule has 0 radical (unpaired) electrons. The van der Waals surface area contributed by atoms with Crippen molar-refractivity contribution >= 4 is 0 Å². The predicted molar refractivity (Wildman–Crippen MR) is 80.5 cm³/mol. The number of hydrogen-bond donors (Lipinski definition) is 1. The van der Waals surface area contributed by atoms with Crippen molar-refractivity contribution in [1.29, 1.82) is 0 Å². The molecule has 1 aliphatic rings. The van der Waals surface area contributed by atoms with Gasteiger partial charge in [0.25, 0.3) is 0 Å². The average molecular weight is 279 g/mol. The van der Waals surface area contributed by atoms with Crippen molar-refractivity contribution in [2.45, 2.75) is 71.1 Å². The molecule has 0 spiro atoms. The Morgan fingerprint density at radius 3 is 2.50 bits per heavy atom. The van der Waals surface area contributed by atoms with Gasteiger partial charge in [0, 0.05) is 12.5 Å². The average Bonchev–Trinajstić information content (AvgIpc) is 2.90. The van der Waals surface area contributed by atoms with Crippen LogP contribution < -0.4 is 5.73 Å². The maximum absolute atomic E-state index is 5.82. The van der Waals surface area contributed by atoms with Crippen LogP contribution >= 0.6 is 0 Å². The van der Waals surface area contributed by atoms with Crippen molar-refractivity contribution in [3.63, 3.8) is 0 Å². The van der Waals surface area contributed by atoms with Gasteiger partial charge in [-0.3, -0.25) is 0 Å². The van der Waals surface area contributed by atoms with Gasteiger partial charge in [-0.25, -0.2) is 0 Å². The third-order valence-electron chi connectivity index (χ3n) is 4.74. The molecule has 20 heavy (non-hydrogen) atoms. The van der Waals surface area contributed by atoms with Crippen LogP contribution in [-0.2, 0) is 0 Å². The number of nitrogens with two attached hydrogens (primary N) is 1. The molecule has 0 bridgehead atoms. The van der Waals surface area contributed by atoms with Crippen molar-refractivity contribution in [2.75, 3.05) is 6.54 Å². The summed E-state index contributed by atoms with van der Waals surface area (Å²) in [4.78, 5) is 4.64. The van der Waals surface area contributed by atoms with Crippen molar-refractivity contribution in [2.24, 2.45) is 17.6 Å². The lowest BCUT2D eigenvalue weighted by molar-refractivity contribution is 0.290. The summed E-state index contributed by atoms with van der Waals surface area (Å²) in [6.45, 7) is 7.15. The van der Waals surface area contributed by atoms with E-state index in [1.807, 2.05) is 0 Å². The minimum Gasteiger partial charge on any atom is -0.339 e. The fourth-order valence-corrected chi connectivity index (χ4v) is 3.34. The van der Waals surface area contributed by atoms with Crippen molar-refractivity contribution in [1.82, 2.24) is 10.1 Å². The van der Waals surface area contributed by atoms with E-state index in [9.17, 15) is 0 Å². The van der Waals surface area contributed by atoms with E-state index in [2.05, 4.69) is 30.9 Å². The van der Waals surface area contributed by atoms with Crippen molar-refractivity contribution in [3.8, 4) is 0 Å². The van der Waals surface area contributed by atoms with E-state index < -0.39 is 0 Å². The van der Waals surface area contributed by atoms with Crippen LogP contribution in [0.5, 0.6) is 0 Å². The molecule has 1 unspecified atom stereocenters. The number of hydrogen-bond acceptors (Lipinski definition) is 4. The number of nitrogens with zero attached hydrogens (tertiary/aromatic N) is 2. The molecule has 1 saturated carbocycles. The summed E-state index contributed by atoms with van der Waals surface area (Å²) >= 11 is 0. The first kappa shape index (κ1) is 15.5. The molecule has 0 saturated heterocycles. The lowest BCUT2D eigenvalue weighted by Gasteiger charge is -2.26. The smallest absolute Gasteiger partial charge is 0.231 e. The van der Waals surface area contributed by atoms with E-state index in [4.69, 9.17) is 10.3 Å². The summed E-state index contributed by atoms with van der Waals surface area (Å²) in [6.07, 6.45) is 7.71. The number of rotatable bonds is 6. The Balaban J connectivity index is 1.96. The third kappa shape index (κ3) is 3.60. The normalized spacial score (nSPS) is 25.1. The quantitative estimate of drug-likeness (QED) is 0.859. The van der Waals surface area contributed by atoms with Crippen molar-refractivity contribution < 1.29 is 4.52 Å². The minimum absolute atomic E-state index is 0.188. The second-order valence-electron chi connectivity index (χ2n) is 6.58. The lowest BCUT2D eigenvalue weighted by atomic mass is 9.80. The molecule has 2 N–H and O–H groups in total. The van der Waals surface area contributed by atoms with Gasteiger partial charge in [-0.15, -0.1) is 0 Å². The van der Waals surface area contributed by atoms with Crippen LogP contribution in [0.3, 0.4) is 0 Å². The van der Waals surface area contributed by atoms with E-state index in [1.165, 1.54) is 38.5 Å². The summed E-state index contributed by atoms with van der Waals surface area (Å²) in [5.74, 6) is 3.67. The van der Waals surface area contributed by atoms with Crippen LogP contribution in [-0.4, -0.2) is 16.7 Å². The Hall–Kier alpha value is -0.900. The molecule has 0 aromatic carbocycles. The largest absolute Gasteiger partial charge is 0.339 e. The third-order valence-corrected chi connectivity index (χ3v) is 4.74. The van der Waals surface area contributed by atoms with Gasteiger partial charge in [0.15, 0.2) is 5.82 Å². The summed E-state index contributed by atoms with van der Waals surface area (Å²) in [7, 11) is 0. The second kappa shape index (κ2) is 7.21. The van der Waals surface area contributed by atoms with Crippen LogP contribution in [0.25, 0.3) is 0 Å². The molecule has 2 rings (SSSR count). The van der Waals surface area contributed by atoms with Gasteiger partial charge < -0.3 is 10.3 Å². The molecule has 4 heteroatoms. The summed E-state index contributed by atoms with van der Waals surface area (Å²) in [5, 5.41) is 4.22. The molecule has 1 aromatic heterocycles. The van der Waals surface area contributed by atoms with Crippen molar-refractivity contribution in [3.05, 3.63) is 11.7 Å². The molecule has 4 nitrogen and oxygen atoms in total. The molecule has 114 valence electrons. The minimum atomic E-state index is 0.188. The zero-order valence-electron chi connectivity index (χ0n) is 13.1. The molecular formula is C16H29N3O. The molecule has 1 fully saturated rings. The zero-order valence-corrected chi connectivity index (χ0v) is 13.1. The summed E-state index contributed by atoms with van der Waals surface area (Å²) in [6, 6.07) is 0. The van der Waals surface area contributed by atoms with E-state index in [0.717, 1.165) is 17.6 Å². The van der Waals surface area contributed by atoms with E-state index >= 15 is 0 Å². The van der Waals surface area contributed by atoms with Gasteiger partial charge in [-0.2, -0.15) is 4.98 Å². The SMILES string of the molecule is CCCC1CCC(c2noc(C(CN)C(C)C)n2)CC1. The molecular weight excluding hydrogens is 250 g/mol. The highest BCUT2D eigenvalue weighted by Gasteiger charge is 2.27. The van der Waals surface area contributed by atoms with Crippen LogP contribution in [0, 0.1) is 11.8 Å². The fraction of sp³-hybridized carbons (Fsp3) is 0.875. The predicted octanol–water partition coefficient (Wildman–Crippen LogP) is 3.84. The first-order chi connectivity index (χ1) is 9.65. The highest BCUT2D eigenvalue weighted by Crippen LogP contribution is 2.36. The molecule has 0 aliphatic heterocycles. The highest BCUT2D eigenvalue weighted by atomic mass is 16.5. The molecule has 1 aliphatic carbocycles. The molecule has 0 amide bonds. The zero-order chi connectivity index (χ0) is 14.5. The Morgan fingerprint density at radius 2 is 1.95 bits per heavy atom. The first-order valence-corrected chi connectivity index (χ1v) is 8.19. The Morgan fingerprint density at radius 1 is 1.25 bits per heavy atom. The van der Waals surface area contributed by atoms with E-state index in [-0.39, 0.29) is 5.92 Å². The van der Waals surface area contributed by atoms with Gasteiger partial charge in [0.05, 0.1) is 5.92 Å². The Labute approximate surface area is 122 Å². The summed E-state index contributed by atoms with van der Waals surface area (Å²) in [5.41, 5.74) is 5.82. The van der Waals surface area contributed by atoms with Gasteiger partial charge in [0.1, 0.15) is 0 Å². The molecule has 1 atom stereocenters. The topological polar surface area (TPSA) is 64.9 Å². The van der Waals surface area contributed by atoms with Crippen LogP contribution in [0.2, 0.25) is 0 Å². The number of aromatic nitrogens is 2. The van der Waals surface area contributed by atoms with Gasteiger partial charge >= 0.3 is 0 Å². The van der Waals surface area contributed by atoms with Crippen LogP contribution in [0.4, 0.5) is 0 Å². The Bertz CT molecular complexity index is 394. The second-order valence-corrected chi connectivity index (χ2v) is 6.58. The van der Waals surface area contributed by atoms with Crippen LogP contribution in [0.1, 0.15) is 82.8 Å². The standard InChI is InChI=1S/C16H29N3O/c1-4-5-12-6-8-13(9-7-12)15-18-16(20-19-15)14(10-17)11(2)3/h11-14H,4-10,17H2,1-3H3. The van der Waals surface area contributed by atoms with Gasteiger partial charge in [0.2, 0.25) is 5.89 Å². The first-order valence-electron chi connectivity index (χ1n) is 8.19. The monoisotopic (exact) mass is 279 g/mol. The van der Waals surface area contributed by atoms with Gasteiger partial charge in [-0.1, -0.05) is 38.8 Å². The maximum Gasteiger partial charge on any atom is 0.231 e. The fourth-order valence-electron chi connectivity index (χ4n) is 3.34. The lowest BCUT2D eigenvalue weighted by Crippen LogP contribution is -2.18. The van der Waals surface area contributed by atoms with E-state index in [0.29, 0.717) is 18.4 Å². The van der Waals surface area contributed by atoms with E-state index in [1.54, 1.807) is 0 Å². The van der Waals surface area contributed by atoms with Gasteiger partial charge in [-0.05, 0) is 37.5 Å². The highest BCUT2D eigenvalue weighted by molar-refractivity contribution is 5.01. The molecule has 1 heterocycles. The summed E-state index contributed by atoms with van der Waals surface area (Å²) < 4.78 is 5.47. The molecule has 1 aromatic rings. The van der Waals surface area contributed by atoms with Crippen LogP contribution in [0.15, 0.2) is 4.52 Å².